The molecule has 2 fully saturated rings. The first kappa shape index (κ1) is 23.6. The summed E-state index contributed by atoms with van der Waals surface area (Å²) in [7, 11) is 1.47. The van der Waals surface area contributed by atoms with Crippen LogP contribution in [-0.2, 0) is 14.3 Å². The van der Waals surface area contributed by atoms with Crippen LogP contribution in [0.3, 0.4) is 0 Å². The van der Waals surface area contributed by atoms with Gasteiger partial charge in [0, 0.05) is 42.2 Å². The summed E-state index contributed by atoms with van der Waals surface area (Å²) in [4.78, 5) is 16.3. The molecular formula is C22H31NO8. The summed E-state index contributed by atoms with van der Waals surface area (Å²) >= 11 is 0. The first-order valence-corrected chi connectivity index (χ1v) is 10.5. The normalized spacial score (nSPS) is 32.9. The highest BCUT2D eigenvalue weighted by molar-refractivity contribution is 5.95. The Bertz CT molecular complexity index is 780. The van der Waals surface area contributed by atoms with Gasteiger partial charge >= 0.3 is 0 Å². The van der Waals surface area contributed by atoms with Gasteiger partial charge in [-0.15, -0.1) is 0 Å². The summed E-state index contributed by atoms with van der Waals surface area (Å²) in [6.07, 6.45) is -1.03. The van der Waals surface area contributed by atoms with Crippen LogP contribution in [0.5, 0.6) is 5.88 Å². The van der Waals surface area contributed by atoms with Crippen LogP contribution < -0.4 is 4.74 Å². The van der Waals surface area contributed by atoms with Crippen LogP contribution in [-0.4, -0.2) is 81.5 Å². The zero-order chi connectivity index (χ0) is 22.7. The van der Waals surface area contributed by atoms with Crippen molar-refractivity contribution in [1.29, 1.82) is 0 Å². The van der Waals surface area contributed by atoms with Crippen LogP contribution in [0.4, 0.5) is 0 Å². The Hall–Kier alpha value is -2.04. The third-order valence-corrected chi connectivity index (χ3v) is 6.12. The molecule has 0 aromatic carbocycles. The average molecular weight is 437 g/mol. The van der Waals surface area contributed by atoms with E-state index in [2.05, 4.69) is 4.98 Å². The maximum Gasteiger partial charge on any atom is 0.212 e. The number of aliphatic hydroxyl groups excluding tert-OH is 4. The van der Waals surface area contributed by atoms with Gasteiger partial charge in [-0.05, 0) is 19.4 Å². The van der Waals surface area contributed by atoms with Crippen molar-refractivity contribution in [2.45, 2.75) is 63.3 Å². The van der Waals surface area contributed by atoms with Crippen molar-refractivity contribution in [3.05, 3.63) is 30.0 Å². The van der Waals surface area contributed by atoms with Crippen molar-refractivity contribution in [2.24, 2.45) is 11.8 Å². The van der Waals surface area contributed by atoms with Crippen LogP contribution in [0, 0.1) is 11.8 Å². The number of ether oxygens (including phenoxy) is 3. The monoisotopic (exact) mass is 437 g/mol. The lowest BCUT2D eigenvalue weighted by Crippen LogP contribution is -2.51. The van der Waals surface area contributed by atoms with Gasteiger partial charge in [-0.2, -0.15) is 0 Å². The number of carbonyl (C=O) groups is 1. The SMILES string of the molecule is COc1ccc(/C(O)=C/C(=O)C[C@@H]2OC[C@H](C[C@@H]3O[C@H]3[C@@H](C)[C@H](C)O)[C@@H](O)[C@H]2O)cn1. The van der Waals surface area contributed by atoms with E-state index in [9.17, 15) is 25.2 Å². The number of nitrogens with zero attached hydrogens (tertiary/aromatic N) is 1. The maximum atomic E-state index is 12.3. The van der Waals surface area contributed by atoms with E-state index in [1.54, 1.807) is 19.1 Å². The first-order chi connectivity index (χ1) is 14.7. The van der Waals surface area contributed by atoms with Crippen LogP contribution >= 0.6 is 0 Å². The molecule has 0 bridgehead atoms. The standard InChI is InChI=1S/C22H31NO8/c1-11(12(2)24)22-18(31-22)6-14-10-30-17(21(28)20(14)27)8-15(25)7-16(26)13-4-5-19(29-3)23-9-13/h4-5,7,9,11-12,14,17-18,20-22,24,26-28H,6,8,10H2,1-3H3/b16-7-/t11-,12-,14-,17-,18-,20+,21-,22-/m0/s1. The summed E-state index contributed by atoms with van der Waals surface area (Å²) in [6.45, 7) is 3.80. The summed E-state index contributed by atoms with van der Waals surface area (Å²) in [6, 6.07) is 3.13. The van der Waals surface area contributed by atoms with Gasteiger partial charge in [0.1, 0.15) is 11.9 Å². The molecule has 9 heteroatoms. The second-order valence-electron chi connectivity index (χ2n) is 8.38. The largest absolute Gasteiger partial charge is 0.507 e. The molecule has 0 saturated carbocycles. The Labute approximate surface area is 181 Å². The number of rotatable bonds is 9. The predicted molar refractivity (Wildman–Crippen MR) is 110 cm³/mol. The van der Waals surface area contributed by atoms with Crippen molar-refractivity contribution in [2.75, 3.05) is 13.7 Å². The number of methoxy groups -OCH3 is 1. The first-order valence-electron chi connectivity index (χ1n) is 10.5. The molecule has 2 aliphatic rings. The van der Waals surface area contributed by atoms with E-state index in [0.29, 0.717) is 17.9 Å². The van der Waals surface area contributed by atoms with Gasteiger partial charge < -0.3 is 34.6 Å². The lowest BCUT2D eigenvalue weighted by atomic mass is 9.85. The molecule has 1 aromatic heterocycles. The minimum Gasteiger partial charge on any atom is -0.507 e. The highest BCUT2D eigenvalue weighted by Crippen LogP contribution is 2.38. The number of allylic oxidation sites excluding steroid dienone is 1. The zero-order valence-electron chi connectivity index (χ0n) is 17.9. The molecule has 3 heterocycles. The molecule has 2 aliphatic heterocycles. The van der Waals surface area contributed by atoms with E-state index in [1.165, 1.54) is 13.3 Å². The minimum absolute atomic E-state index is 0.0117. The molecule has 8 atom stereocenters. The number of aromatic nitrogens is 1. The van der Waals surface area contributed by atoms with Crippen molar-refractivity contribution >= 4 is 11.5 Å². The van der Waals surface area contributed by atoms with Gasteiger partial charge in [-0.25, -0.2) is 4.98 Å². The van der Waals surface area contributed by atoms with Gasteiger partial charge in [0.2, 0.25) is 5.88 Å². The van der Waals surface area contributed by atoms with E-state index in [-0.39, 0.29) is 42.8 Å². The molecular weight excluding hydrogens is 406 g/mol. The van der Waals surface area contributed by atoms with E-state index in [0.717, 1.165) is 6.08 Å². The summed E-state index contributed by atoms with van der Waals surface area (Å²) in [5.41, 5.74) is 0.352. The topological polar surface area (TPSA) is 142 Å². The molecule has 0 spiro atoms. The Balaban J connectivity index is 1.51. The van der Waals surface area contributed by atoms with Crippen molar-refractivity contribution in [3.8, 4) is 5.88 Å². The maximum absolute atomic E-state index is 12.3. The van der Waals surface area contributed by atoms with Crippen LogP contribution in [0.2, 0.25) is 0 Å². The molecule has 4 N–H and O–H groups in total. The minimum atomic E-state index is -1.23. The Morgan fingerprint density at radius 3 is 2.65 bits per heavy atom. The molecule has 31 heavy (non-hydrogen) atoms. The van der Waals surface area contributed by atoms with E-state index < -0.39 is 30.2 Å². The number of aliphatic hydroxyl groups is 4. The van der Waals surface area contributed by atoms with Crippen molar-refractivity contribution < 1.29 is 39.4 Å². The zero-order valence-corrected chi connectivity index (χ0v) is 17.9. The van der Waals surface area contributed by atoms with Gasteiger partial charge in [-0.1, -0.05) is 6.92 Å². The Morgan fingerprint density at radius 2 is 2.03 bits per heavy atom. The smallest absolute Gasteiger partial charge is 0.212 e. The third kappa shape index (κ3) is 5.81. The summed E-state index contributed by atoms with van der Waals surface area (Å²) < 4.78 is 16.2. The Morgan fingerprint density at radius 1 is 1.29 bits per heavy atom. The van der Waals surface area contributed by atoms with Crippen molar-refractivity contribution in [1.82, 2.24) is 4.98 Å². The molecule has 172 valence electrons. The molecule has 3 rings (SSSR count). The second-order valence-corrected chi connectivity index (χ2v) is 8.38. The van der Waals surface area contributed by atoms with E-state index >= 15 is 0 Å². The number of pyridine rings is 1. The van der Waals surface area contributed by atoms with Gasteiger partial charge in [0.05, 0.1) is 44.2 Å². The lowest BCUT2D eigenvalue weighted by molar-refractivity contribution is -0.169. The quantitative estimate of drug-likeness (QED) is 0.251. The van der Waals surface area contributed by atoms with Gasteiger partial charge in [0.15, 0.2) is 5.78 Å². The molecule has 0 unspecified atom stereocenters. The predicted octanol–water partition coefficient (Wildman–Crippen LogP) is 0.859. The van der Waals surface area contributed by atoms with Crippen molar-refractivity contribution in [3.63, 3.8) is 0 Å². The van der Waals surface area contributed by atoms with Crippen LogP contribution in [0.1, 0.15) is 32.3 Å². The number of carbonyl (C=O) groups excluding carboxylic acids is 1. The summed E-state index contributed by atoms with van der Waals surface area (Å²) in [5, 5.41) is 40.8. The van der Waals surface area contributed by atoms with Crippen LogP contribution in [0.15, 0.2) is 24.4 Å². The molecule has 0 aliphatic carbocycles. The molecule has 1 aromatic rings. The fourth-order valence-electron chi connectivity index (χ4n) is 3.86. The average Bonchev–Trinajstić information content (AvgIpc) is 3.51. The molecule has 9 nitrogen and oxygen atoms in total. The second kappa shape index (κ2) is 10.1. The fraction of sp³-hybridized carbons (Fsp3) is 0.636. The molecule has 2 saturated heterocycles. The van der Waals surface area contributed by atoms with Crippen LogP contribution in [0.25, 0.3) is 5.76 Å². The number of ketones is 1. The third-order valence-electron chi connectivity index (χ3n) is 6.12. The highest BCUT2D eigenvalue weighted by atomic mass is 16.6. The van der Waals surface area contributed by atoms with Gasteiger partial charge in [0.25, 0.3) is 0 Å². The van der Waals surface area contributed by atoms with E-state index in [1.807, 2.05) is 6.92 Å². The highest BCUT2D eigenvalue weighted by Gasteiger charge is 2.48. The number of hydrogen-bond donors (Lipinski definition) is 4. The fourth-order valence-corrected chi connectivity index (χ4v) is 3.86. The molecule has 0 radical (unpaired) electrons. The number of hydrogen-bond acceptors (Lipinski definition) is 9. The van der Waals surface area contributed by atoms with E-state index in [4.69, 9.17) is 14.2 Å². The Kier molecular flexibility index (Phi) is 7.66. The molecule has 0 amide bonds. The number of epoxide rings is 1. The van der Waals surface area contributed by atoms with Gasteiger partial charge in [-0.3, -0.25) is 4.79 Å². The lowest BCUT2D eigenvalue weighted by Gasteiger charge is -2.37. The summed E-state index contributed by atoms with van der Waals surface area (Å²) in [5.74, 6) is -0.657.